The van der Waals surface area contributed by atoms with Gasteiger partial charge in [0.1, 0.15) is 4.84 Å². The monoisotopic (exact) mass is 257 g/mol. The van der Waals surface area contributed by atoms with Crippen LogP contribution < -0.4 is 4.90 Å². The molecule has 1 atom stereocenters. The lowest BCUT2D eigenvalue weighted by molar-refractivity contribution is -0.122. The summed E-state index contributed by atoms with van der Waals surface area (Å²) in [7, 11) is 1.78. The van der Waals surface area contributed by atoms with Gasteiger partial charge in [-0.1, -0.05) is 18.2 Å². The molecule has 0 aromatic heterocycles. The zero-order chi connectivity index (χ0) is 11.9. The van der Waals surface area contributed by atoms with E-state index >= 15 is 0 Å². The predicted molar refractivity (Wildman–Crippen MR) is 67.3 cm³/mol. The van der Waals surface area contributed by atoms with E-state index < -0.39 is 10.3 Å². The number of hydrogen-bond acceptors (Lipinski definition) is 1. The quantitative estimate of drug-likeness (QED) is 0.746. The summed E-state index contributed by atoms with van der Waals surface area (Å²) in [4.78, 5) is 13.4. The second kappa shape index (κ2) is 3.94. The Hall–Kier alpha value is -0.730. The highest BCUT2D eigenvalue weighted by Crippen LogP contribution is 2.44. The largest absolute Gasteiger partial charge is 0.314 e. The topological polar surface area (TPSA) is 20.3 Å². The van der Waals surface area contributed by atoms with Crippen molar-refractivity contribution < 1.29 is 4.79 Å². The number of rotatable bonds is 2. The Morgan fingerprint density at radius 3 is 2.62 bits per heavy atom. The molecule has 0 aliphatic carbocycles. The maximum atomic E-state index is 12.2. The van der Waals surface area contributed by atoms with Gasteiger partial charge in [0.2, 0.25) is 5.91 Å². The average Bonchev–Trinajstić information content (AvgIpc) is 2.42. The summed E-state index contributed by atoms with van der Waals surface area (Å²) >= 11 is 11.6. The fourth-order valence-corrected chi connectivity index (χ4v) is 2.95. The molecule has 1 aliphatic rings. The van der Waals surface area contributed by atoms with Crippen molar-refractivity contribution in [2.24, 2.45) is 0 Å². The number of fused-ring (bicyclic) bond motifs is 1. The number of halogens is 2. The Kier molecular flexibility index (Phi) is 2.89. The van der Waals surface area contributed by atoms with Crippen molar-refractivity contribution >= 4 is 34.8 Å². The number of nitrogens with zero attached hydrogens (tertiary/aromatic N) is 1. The Bertz CT molecular complexity index is 433. The van der Waals surface area contributed by atoms with Crippen LogP contribution in [0.4, 0.5) is 5.69 Å². The molecule has 0 spiro atoms. The maximum Gasteiger partial charge on any atom is 0.237 e. The van der Waals surface area contributed by atoms with Gasteiger partial charge >= 0.3 is 0 Å². The first-order valence-corrected chi connectivity index (χ1v) is 6.00. The van der Waals surface area contributed by atoms with Crippen LogP contribution in [0.2, 0.25) is 0 Å². The molecule has 0 saturated heterocycles. The number of amides is 1. The van der Waals surface area contributed by atoms with Gasteiger partial charge in [-0.2, -0.15) is 0 Å². The average molecular weight is 258 g/mol. The van der Waals surface area contributed by atoms with Gasteiger partial charge in [-0.25, -0.2) is 0 Å². The molecule has 1 aromatic rings. The number of likely N-dealkylation sites (N-methyl/N-ethyl adjacent to an activating group) is 1. The number of anilines is 1. The second-order valence-corrected chi connectivity index (χ2v) is 5.59. The highest BCUT2D eigenvalue weighted by molar-refractivity contribution is 6.44. The van der Waals surface area contributed by atoms with Crippen molar-refractivity contribution in [3.8, 4) is 0 Å². The van der Waals surface area contributed by atoms with E-state index in [1.54, 1.807) is 11.9 Å². The van der Waals surface area contributed by atoms with Gasteiger partial charge in [0, 0.05) is 12.7 Å². The van der Waals surface area contributed by atoms with Crippen molar-refractivity contribution in [1.82, 2.24) is 0 Å². The van der Waals surface area contributed by atoms with Gasteiger partial charge in [0.15, 0.2) is 0 Å². The number of carbonyl (C=O) groups is 1. The number of para-hydroxylation sites is 1. The molecular weight excluding hydrogens is 245 g/mol. The molecule has 2 rings (SSSR count). The maximum absolute atomic E-state index is 12.2. The molecule has 2 nitrogen and oxygen atoms in total. The second-order valence-electron chi connectivity index (χ2n) is 4.31. The van der Waals surface area contributed by atoms with E-state index in [-0.39, 0.29) is 5.91 Å². The molecule has 16 heavy (non-hydrogen) atoms. The number of alkyl halides is 2. The summed E-state index contributed by atoms with van der Waals surface area (Å²) in [6, 6.07) is 7.76. The summed E-state index contributed by atoms with van der Waals surface area (Å²) in [6.45, 7) is 1.90. The fraction of sp³-hybridized carbons (Fsp3) is 0.417. The number of carbonyl (C=O) groups excluding carboxylic acids is 1. The first-order chi connectivity index (χ1) is 7.47. The molecule has 0 N–H and O–H groups in total. The molecule has 1 aromatic carbocycles. The summed E-state index contributed by atoms with van der Waals surface area (Å²) in [5.41, 5.74) is 1.36. The van der Waals surface area contributed by atoms with Crippen LogP contribution in [0.15, 0.2) is 24.3 Å². The van der Waals surface area contributed by atoms with E-state index in [4.69, 9.17) is 23.2 Å². The summed E-state index contributed by atoms with van der Waals surface area (Å²) in [5.74, 6) is 0.0556. The normalized spacial score (nSPS) is 24.1. The molecule has 0 saturated carbocycles. The van der Waals surface area contributed by atoms with Crippen molar-refractivity contribution in [1.29, 1.82) is 0 Å². The Labute approximate surface area is 105 Å². The summed E-state index contributed by atoms with van der Waals surface area (Å²) in [5, 5.41) is 0. The lowest BCUT2D eigenvalue weighted by Crippen LogP contribution is -2.37. The molecular formula is C12H13Cl2NO. The van der Waals surface area contributed by atoms with Gasteiger partial charge < -0.3 is 4.90 Å². The lowest BCUT2D eigenvalue weighted by atomic mass is 9.81. The van der Waals surface area contributed by atoms with Gasteiger partial charge in [-0.3, -0.25) is 4.79 Å². The van der Waals surface area contributed by atoms with Crippen molar-refractivity contribution in [2.45, 2.75) is 23.6 Å². The standard InChI is InChI=1S/C12H13Cl2NO/c1-12(7-10(13)14)8-5-3-4-6-9(8)15(2)11(12)16/h3-6,10H,7H2,1-2H3. The van der Waals surface area contributed by atoms with Gasteiger partial charge in [-0.05, 0) is 25.0 Å². The Balaban J connectivity index is 2.52. The third-order valence-electron chi connectivity index (χ3n) is 3.20. The molecule has 4 heteroatoms. The predicted octanol–water partition coefficient (Wildman–Crippen LogP) is 3.11. The molecule has 0 fully saturated rings. The SMILES string of the molecule is CN1C(=O)C(C)(CC(Cl)Cl)c2ccccc21. The minimum absolute atomic E-state index is 0.0556. The molecule has 0 radical (unpaired) electrons. The summed E-state index contributed by atoms with van der Waals surface area (Å²) < 4.78 is 0. The van der Waals surface area contributed by atoms with E-state index in [0.717, 1.165) is 11.3 Å². The van der Waals surface area contributed by atoms with Crippen LogP contribution in [0.5, 0.6) is 0 Å². The van der Waals surface area contributed by atoms with Crippen molar-refractivity contribution in [2.75, 3.05) is 11.9 Å². The lowest BCUT2D eigenvalue weighted by Gasteiger charge is -2.23. The summed E-state index contributed by atoms with van der Waals surface area (Å²) in [6.07, 6.45) is 0.441. The van der Waals surface area contributed by atoms with E-state index in [1.165, 1.54) is 0 Å². The van der Waals surface area contributed by atoms with Crippen LogP contribution in [0, 0.1) is 0 Å². The highest BCUT2D eigenvalue weighted by Gasteiger charge is 2.46. The minimum Gasteiger partial charge on any atom is -0.314 e. The van der Waals surface area contributed by atoms with Crippen LogP contribution in [-0.4, -0.2) is 17.8 Å². The first-order valence-electron chi connectivity index (χ1n) is 5.12. The van der Waals surface area contributed by atoms with Gasteiger partial charge in [0.25, 0.3) is 0 Å². The molecule has 86 valence electrons. The van der Waals surface area contributed by atoms with E-state index in [1.807, 2.05) is 31.2 Å². The van der Waals surface area contributed by atoms with E-state index in [2.05, 4.69) is 0 Å². The third-order valence-corrected chi connectivity index (χ3v) is 3.51. The van der Waals surface area contributed by atoms with Crippen LogP contribution in [0.25, 0.3) is 0 Å². The Morgan fingerprint density at radius 2 is 2.00 bits per heavy atom. The molecule has 1 unspecified atom stereocenters. The van der Waals surface area contributed by atoms with Crippen LogP contribution in [0.1, 0.15) is 18.9 Å². The third kappa shape index (κ3) is 1.61. The van der Waals surface area contributed by atoms with Crippen LogP contribution in [-0.2, 0) is 10.2 Å². The fourth-order valence-electron chi connectivity index (χ4n) is 2.33. The molecule has 1 heterocycles. The van der Waals surface area contributed by atoms with Gasteiger partial charge in [-0.15, -0.1) is 23.2 Å². The van der Waals surface area contributed by atoms with Crippen LogP contribution >= 0.6 is 23.2 Å². The zero-order valence-corrected chi connectivity index (χ0v) is 10.7. The minimum atomic E-state index is -0.598. The zero-order valence-electron chi connectivity index (χ0n) is 9.21. The highest BCUT2D eigenvalue weighted by atomic mass is 35.5. The van der Waals surface area contributed by atoms with E-state index in [0.29, 0.717) is 6.42 Å². The molecule has 0 bridgehead atoms. The number of hydrogen-bond donors (Lipinski definition) is 0. The number of benzene rings is 1. The van der Waals surface area contributed by atoms with Crippen molar-refractivity contribution in [3.63, 3.8) is 0 Å². The first kappa shape index (κ1) is 11.7. The smallest absolute Gasteiger partial charge is 0.237 e. The van der Waals surface area contributed by atoms with Crippen LogP contribution in [0.3, 0.4) is 0 Å². The van der Waals surface area contributed by atoms with E-state index in [9.17, 15) is 4.79 Å². The van der Waals surface area contributed by atoms with Crippen molar-refractivity contribution in [3.05, 3.63) is 29.8 Å². The molecule has 1 amide bonds. The van der Waals surface area contributed by atoms with Gasteiger partial charge in [0.05, 0.1) is 5.41 Å². The molecule has 1 aliphatic heterocycles. The Morgan fingerprint density at radius 1 is 1.38 bits per heavy atom.